The smallest absolute Gasteiger partial charge is 0.320 e. The van der Waals surface area contributed by atoms with Crippen LogP contribution < -0.4 is 0 Å². The van der Waals surface area contributed by atoms with Crippen LogP contribution in [0.15, 0.2) is 0 Å². The van der Waals surface area contributed by atoms with E-state index >= 15 is 0 Å². The van der Waals surface area contributed by atoms with Crippen LogP contribution in [-0.2, 0) is 9.59 Å². The first kappa shape index (κ1) is 14.3. The Bertz CT molecular complexity index is 349. The third-order valence-corrected chi connectivity index (χ3v) is 4.21. The molecular weight excluding hydrogens is 244 g/mol. The average molecular weight is 268 g/mol. The van der Waals surface area contributed by atoms with Gasteiger partial charge in [0.05, 0.1) is 6.54 Å². The van der Waals surface area contributed by atoms with Gasteiger partial charge in [-0.2, -0.15) is 0 Å². The number of likely N-dealkylation sites (tertiary alicyclic amines) is 2. The minimum atomic E-state index is -0.800. The Labute approximate surface area is 114 Å². The van der Waals surface area contributed by atoms with Gasteiger partial charge in [0, 0.05) is 13.1 Å². The largest absolute Gasteiger partial charge is 0.480 e. The van der Waals surface area contributed by atoms with Crippen LogP contribution in [0, 0.1) is 11.8 Å². The number of nitrogens with zero attached hydrogens (tertiary/aromatic N) is 2. The Morgan fingerprint density at radius 1 is 1.21 bits per heavy atom. The van der Waals surface area contributed by atoms with Crippen molar-refractivity contribution in [1.82, 2.24) is 9.80 Å². The second-order valence-corrected chi connectivity index (χ2v) is 6.21. The fraction of sp³-hybridized carbons (Fsp3) is 0.857. The van der Waals surface area contributed by atoms with Gasteiger partial charge in [-0.3, -0.25) is 14.5 Å². The number of piperidine rings is 1. The maximum Gasteiger partial charge on any atom is 0.320 e. The molecule has 0 aromatic heterocycles. The molecule has 108 valence electrons. The molecule has 0 aromatic rings. The molecule has 2 heterocycles. The van der Waals surface area contributed by atoms with Crippen molar-refractivity contribution in [3.8, 4) is 0 Å². The topological polar surface area (TPSA) is 60.9 Å². The molecule has 2 aliphatic heterocycles. The van der Waals surface area contributed by atoms with E-state index in [0.717, 1.165) is 26.1 Å². The van der Waals surface area contributed by atoms with Gasteiger partial charge < -0.3 is 10.0 Å². The van der Waals surface area contributed by atoms with Crippen LogP contribution in [0.3, 0.4) is 0 Å². The van der Waals surface area contributed by atoms with E-state index < -0.39 is 12.0 Å². The van der Waals surface area contributed by atoms with Crippen LogP contribution in [0.1, 0.15) is 33.1 Å². The molecule has 3 unspecified atom stereocenters. The summed E-state index contributed by atoms with van der Waals surface area (Å²) in [6, 6.07) is -0.469. The molecule has 1 N–H and O–H groups in total. The third kappa shape index (κ3) is 3.47. The van der Waals surface area contributed by atoms with Gasteiger partial charge in [0.25, 0.3) is 0 Å². The predicted molar refractivity (Wildman–Crippen MR) is 71.8 cm³/mol. The van der Waals surface area contributed by atoms with Crippen molar-refractivity contribution >= 4 is 11.9 Å². The van der Waals surface area contributed by atoms with Crippen molar-refractivity contribution in [3.63, 3.8) is 0 Å². The quantitative estimate of drug-likeness (QED) is 0.831. The number of carboxylic acids is 1. The molecule has 3 atom stereocenters. The summed E-state index contributed by atoms with van der Waals surface area (Å²) < 4.78 is 0. The zero-order valence-electron chi connectivity index (χ0n) is 11.8. The van der Waals surface area contributed by atoms with Crippen molar-refractivity contribution in [2.75, 3.05) is 26.2 Å². The zero-order valence-corrected chi connectivity index (χ0v) is 11.8. The Kier molecular flexibility index (Phi) is 4.45. The highest BCUT2D eigenvalue weighted by Crippen LogP contribution is 2.22. The number of hydrogen-bond donors (Lipinski definition) is 1. The molecule has 2 saturated heterocycles. The van der Waals surface area contributed by atoms with Crippen LogP contribution >= 0.6 is 0 Å². The van der Waals surface area contributed by atoms with Gasteiger partial charge >= 0.3 is 5.97 Å². The summed E-state index contributed by atoms with van der Waals surface area (Å²) in [5, 5.41) is 9.12. The molecular formula is C14H24N2O3. The first-order chi connectivity index (χ1) is 8.97. The van der Waals surface area contributed by atoms with Crippen molar-refractivity contribution in [2.24, 2.45) is 11.8 Å². The number of rotatable bonds is 3. The highest BCUT2D eigenvalue weighted by atomic mass is 16.4. The molecule has 5 heteroatoms. The van der Waals surface area contributed by atoms with E-state index in [-0.39, 0.29) is 12.5 Å². The zero-order chi connectivity index (χ0) is 14.0. The van der Waals surface area contributed by atoms with Crippen LogP contribution in [0.4, 0.5) is 0 Å². The molecule has 0 spiro atoms. The lowest BCUT2D eigenvalue weighted by atomic mass is 9.92. The summed E-state index contributed by atoms with van der Waals surface area (Å²) in [6.07, 6.45) is 2.71. The fourth-order valence-electron chi connectivity index (χ4n) is 3.44. The number of hydrogen-bond acceptors (Lipinski definition) is 3. The van der Waals surface area contributed by atoms with Gasteiger partial charge in [-0.15, -0.1) is 0 Å². The number of carbonyl (C=O) groups excluding carboxylic acids is 1. The van der Waals surface area contributed by atoms with Gasteiger partial charge in [-0.05, 0) is 37.6 Å². The molecule has 0 aromatic carbocycles. The summed E-state index contributed by atoms with van der Waals surface area (Å²) in [7, 11) is 0. The van der Waals surface area contributed by atoms with E-state index in [0.29, 0.717) is 18.3 Å². The Morgan fingerprint density at radius 2 is 1.84 bits per heavy atom. The molecule has 5 nitrogen and oxygen atoms in total. The van der Waals surface area contributed by atoms with Crippen molar-refractivity contribution < 1.29 is 14.7 Å². The van der Waals surface area contributed by atoms with Crippen LogP contribution in [0.2, 0.25) is 0 Å². The average Bonchev–Trinajstić information content (AvgIpc) is 2.75. The van der Waals surface area contributed by atoms with Gasteiger partial charge in [0.1, 0.15) is 6.04 Å². The maximum atomic E-state index is 12.3. The lowest BCUT2D eigenvalue weighted by Crippen LogP contribution is -2.48. The van der Waals surface area contributed by atoms with Gasteiger partial charge in [0.2, 0.25) is 5.91 Å². The first-order valence-electron chi connectivity index (χ1n) is 7.22. The van der Waals surface area contributed by atoms with Crippen molar-refractivity contribution in [2.45, 2.75) is 39.2 Å². The van der Waals surface area contributed by atoms with E-state index in [1.54, 1.807) is 0 Å². The summed E-state index contributed by atoms with van der Waals surface area (Å²) in [5.41, 5.74) is 0. The number of aliphatic carboxylic acids is 1. The first-order valence-corrected chi connectivity index (χ1v) is 7.22. The van der Waals surface area contributed by atoms with Gasteiger partial charge in [-0.25, -0.2) is 0 Å². The highest BCUT2D eigenvalue weighted by Gasteiger charge is 2.33. The van der Waals surface area contributed by atoms with Crippen molar-refractivity contribution in [3.05, 3.63) is 0 Å². The fourth-order valence-corrected chi connectivity index (χ4v) is 3.44. The number of carboxylic acid groups (broad SMARTS) is 1. The summed E-state index contributed by atoms with van der Waals surface area (Å²) in [6.45, 7) is 6.96. The van der Waals surface area contributed by atoms with Gasteiger partial charge in [0.15, 0.2) is 0 Å². The molecule has 1 amide bonds. The Morgan fingerprint density at radius 3 is 2.42 bits per heavy atom. The summed E-state index contributed by atoms with van der Waals surface area (Å²) in [5.74, 6) is 0.375. The third-order valence-electron chi connectivity index (χ3n) is 4.21. The lowest BCUT2D eigenvalue weighted by molar-refractivity contribution is -0.143. The molecule has 2 fully saturated rings. The Hall–Kier alpha value is -1.10. The van der Waals surface area contributed by atoms with Crippen LogP contribution in [0.5, 0.6) is 0 Å². The van der Waals surface area contributed by atoms with E-state index in [2.05, 4.69) is 13.8 Å². The number of amides is 1. The molecule has 0 aliphatic carbocycles. The highest BCUT2D eigenvalue weighted by molar-refractivity contribution is 5.80. The molecule has 2 aliphatic rings. The van der Waals surface area contributed by atoms with Crippen LogP contribution in [0.25, 0.3) is 0 Å². The van der Waals surface area contributed by atoms with Gasteiger partial charge in [-0.1, -0.05) is 13.8 Å². The van der Waals surface area contributed by atoms with E-state index in [1.165, 1.54) is 6.42 Å². The van der Waals surface area contributed by atoms with E-state index in [9.17, 15) is 9.59 Å². The second kappa shape index (κ2) is 5.90. The molecule has 0 bridgehead atoms. The SMILES string of the molecule is CC1CC(C)CN(C(=O)CN2CCCC2C(=O)O)C1. The summed E-state index contributed by atoms with van der Waals surface area (Å²) >= 11 is 0. The monoisotopic (exact) mass is 268 g/mol. The maximum absolute atomic E-state index is 12.3. The Balaban J connectivity index is 1.91. The van der Waals surface area contributed by atoms with E-state index in [4.69, 9.17) is 5.11 Å². The predicted octanol–water partition coefficient (Wildman–Crippen LogP) is 1.04. The minimum absolute atomic E-state index is 0.0894. The van der Waals surface area contributed by atoms with E-state index in [1.807, 2.05) is 9.80 Å². The molecule has 19 heavy (non-hydrogen) atoms. The van der Waals surface area contributed by atoms with Crippen molar-refractivity contribution in [1.29, 1.82) is 0 Å². The molecule has 2 rings (SSSR count). The summed E-state index contributed by atoms with van der Waals surface area (Å²) in [4.78, 5) is 27.1. The minimum Gasteiger partial charge on any atom is -0.480 e. The molecule has 0 radical (unpaired) electrons. The standard InChI is InChI=1S/C14H24N2O3/c1-10-6-11(2)8-16(7-10)13(17)9-15-5-3-4-12(15)14(18)19/h10-12H,3-9H2,1-2H3,(H,18,19). The number of carbonyl (C=O) groups is 2. The van der Waals surface area contributed by atoms with Crippen LogP contribution in [-0.4, -0.2) is 59.0 Å². The normalized spacial score (nSPS) is 32.5. The second-order valence-electron chi connectivity index (χ2n) is 6.21. The lowest BCUT2D eigenvalue weighted by Gasteiger charge is -2.36. The molecule has 0 saturated carbocycles.